The number of aryl methyl sites for hydroxylation is 1. The van der Waals surface area contributed by atoms with Gasteiger partial charge in [0.25, 0.3) is 5.56 Å². The topological polar surface area (TPSA) is 82.9 Å². The Morgan fingerprint density at radius 3 is 2.47 bits per heavy atom. The molecule has 0 spiro atoms. The number of hydrogen-bond acceptors (Lipinski definition) is 6. The molecule has 2 aromatic heterocycles. The number of anilines is 1. The lowest BCUT2D eigenvalue weighted by Crippen LogP contribution is -2.49. The fourth-order valence-electron chi connectivity index (χ4n) is 4.87. The molecule has 0 saturated carbocycles. The molecule has 0 aliphatic carbocycles. The molecule has 4 aromatic rings. The number of pyridine rings is 1. The third-order valence-electron chi connectivity index (χ3n) is 7.37. The van der Waals surface area contributed by atoms with Crippen molar-refractivity contribution < 1.29 is 4.39 Å². The van der Waals surface area contributed by atoms with Crippen molar-refractivity contribution >= 4 is 16.6 Å². The van der Waals surface area contributed by atoms with Crippen LogP contribution in [0, 0.1) is 12.7 Å². The quantitative estimate of drug-likeness (QED) is 0.441. The lowest BCUT2D eigenvalue weighted by molar-refractivity contribution is 0.186. The Hall–Kier alpha value is -3.59. The van der Waals surface area contributed by atoms with Crippen LogP contribution in [0.25, 0.3) is 10.9 Å². The second-order valence-corrected chi connectivity index (χ2v) is 10.2. The highest BCUT2D eigenvalue weighted by atomic mass is 19.1. The molecule has 1 saturated heterocycles. The van der Waals surface area contributed by atoms with E-state index in [2.05, 4.69) is 51.1 Å². The summed E-state index contributed by atoms with van der Waals surface area (Å²) in [5, 5.41) is 13.8. The Bertz CT molecular complexity index is 1420. The molecule has 0 bridgehead atoms. The number of tetrazole rings is 1. The number of aromatic amines is 1. The molecule has 1 N–H and O–H groups in total. The van der Waals surface area contributed by atoms with E-state index in [1.165, 1.54) is 12.1 Å². The summed E-state index contributed by atoms with van der Waals surface area (Å²) in [6.07, 6.45) is 0.837. The molecule has 1 aliphatic heterocycles. The maximum absolute atomic E-state index is 13.5. The van der Waals surface area contributed by atoms with E-state index < -0.39 is 6.04 Å². The van der Waals surface area contributed by atoms with Crippen LogP contribution >= 0.6 is 0 Å². The number of hydrogen-bond donors (Lipinski definition) is 1. The van der Waals surface area contributed by atoms with E-state index in [1.54, 1.807) is 0 Å². The summed E-state index contributed by atoms with van der Waals surface area (Å²) in [6.45, 7) is 11.2. The van der Waals surface area contributed by atoms with Crippen molar-refractivity contribution in [2.45, 2.75) is 45.7 Å². The lowest BCUT2D eigenvalue weighted by Gasteiger charge is -2.40. The van der Waals surface area contributed by atoms with Crippen LogP contribution in [-0.2, 0) is 5.54 Å². The average molecular weight is 490 g/mol. The number of piperazine rings is 1. The fraction of sp³-hybridized carbons (Fsp3) is 0.407. The number of fused-ring (bicyclic) bond motifs is 1. The molecule has 36 heavy (non-hydrogen) atoms. The van der Waals surface area contributed by atoms with Crippen LogP contribution in [0.1, 0.15) is 50.2 Å². The Labute approximate surface area is 209 Å². The lowest BCUT2D eigenvalue weighted by atomic mass is 9.98. The number of halogens is 1. The first kappa shape index (κ1) is 24.1. The van der Waals surface area contributed by atoms with Gasteiger partial charge in [0.2, 0.25) is 0 Å². The van der Waals surface area contributed by atoms with Crippen LogP contribution in [0.5, 0.6) is 0 Å². The SMILES string of the molecule is CCC(C)(C)n1nnnc1C(c1cc2ccc(C)cc2[nH]c1=O)N1CCN(c2ccc(F)cc2)CC1. The summed E-state index contributed by atoms with van der Waals surface area (Å²) in [5.74, 6) is 0.419. The second-order valence-electron chi connectivity index (χ2n) is 10.2. The molecular formula is C27H32FN7O. The predicted octanol–water partition coefficient (Wildman–Crippen LogP) is 4.02. The molecule has 1 unspecified atom stereocenters. The maximum atomic E-state index is 13.5. The van der Waals surface area contributed by atoms with Gasteiger partial charge in [-0.2, -0.15) is 0 Å². The van der Waals surface area contributed by atoms with Gasteiger partial charge in [-0.15, -0.1) is 5.10 Å². The van der Waals surface area contributed by atoms with Crippen molar-refractivity contribution in [2.24, 2.45) is 0 Å². The zero-order chi connectivity index (χ0) is 25.4. The molecule has 9 heteroatoms. The van der Waals surface area contributed by atoms with Crippen LogP contribution in [0.3, 0.4) is 0 Å². The zero-order valence-electron chi connectivity index (χ0n) is 21.2. The molecule has 8 nitrogen and oxygen atoms in total. The Morgan fingerprint density at radius 1 is 1.06 bits per heavy atom. The third kappa shape index (κ3) is 4.51. The normalized spacial score (nSPS) is 16.0. The summed E-state index contributed by atoms with van der Waals surface area (Å²) in [5.41, 5.74) is 3.08. The smallest absolute Gasteiger partial charge is 0.253 e. The van der Waals surface area contributed by atoms with E-state index in [9.17, 15) is 9.18 Å². The van der Waals surface area contributed by atoms with Crippen molar-refractivity contribution in [3.63, 3.8) is 0 Å². The minimum absolute atomic E-state index is 0.136. The third-order valence-corrected chi connectivity index (χ3v) is 7.37. The number of H-pyrrole nitrogens is 1. The summed E-state index contributed by atoms with van der Waals surface area (Å²) in [4.78, 5) is 21.1. The molecule has 5 rings (SSSR count). The van der Waals surface area contributed by atoms with Crippen LogP contribution in [0.4, 0.5) is 10.1 Å². The van der Waals surface area contributed by atoms with Crippen LogP contribution in [0.15, 0.2) is 53.3 Å². The highest BCUT2D eigenvalue weighted by molar-refractivity contribution is 5.79. The Kier molecular flexibility index (Phi) is 6.34. The van der Waals surface area contributed by atoms with Gasteiger partial charge in [0, 0.05) is 42.9 Å². The van der Waals surface area contributed by atoms with Crippen molar-refractivity contribution in [2.75, 3.05) is 31.1 Å². The van der Waals surface area contributed by atoms with E-state index in [0.29, 0.717) is 24.5 Å². The van der Waals surface area contributed by atoms with Crippen molar-refractivity contribution in [1.29, 1.82) is 0 Å². The molecule has 0 radical (unpaired) electrons. The molecular weight excluding hydrogens is 457 g/mol. The maximum Gasteiger partial charge on any atom is 0.253 e. The first-order valence-electron chi connectivity index (χ1n) is 12.4. The van der Waals surface area contributed by atoms with Crippen molar-refractivity contribution in [3.05, 3.63) is 81.7 Å². The van der Waals surface area contributed by atoms with Crippen LogP contribution in [-0.4, -0.2) is 56.3 Å². The van der Waals surface area contributed by atoms with Gasteiger partial charge < -0.3 is 9.88 Å². The minimum atomic E-state index is -0.407. The summed E-state index contributed by atoms with van der Waals surface area (Å²) in [7, 11) is 0. The molecule has 1 aliphatic rings. The van der Waals surface area contributed by atoms with Gasteiger partial charge in [0.15, 0.2) is 5.82 Å². The van der Waals surface area contributed by atoms with Gasteiger partial charge in [-0.3, -0.25) is 9.69 Å². The number of benzene rings is 2. The van der Waals surface area contributed by atoms with Gasteiger partial charge in [-0.1, -0.05) is 19.1 Å². The summed E-state index contributed by atoms with van der Waals surface area (Å²) < 4.78 is 15.3. The van der Waals surface area contributed by atoms with Gasteiger partial charge in [0.1, 0.15) is 11.9 Å². The first-order chi connectivity index (χ1) is 17.3. The second kappa shape index (κ2) is 9.46. The standard InChI is InChI=1S/C27H32FN7O/c1-5-27(3,4)35-25(30-31-32-35)24(22-17-19-7-6-18(2)16-23(19)29-26(22)36)34-14-12-33(13-15-34)21-10-8-20(28)9-11-21/h6-11,16-17,24H,5,12-15H2,1-4H3,(H,29,36). The van der Waals surface area contributed by atoms with Crippen molar-refractivity contribution in [3.8, 4) is 0 Å². The summed E-state index contributed by atoms with van der Waals surface area (Å²) >= 11 is 0. The average Bonchev–Trinajstić information content (AvgIpc) is 3.36. The highest BCUT2D eigenvalue weighted by Crippen LogP contribution is 2.32. The molecule has 1 fully saturated rings. The molecule has 2 aromatic carbocycles. The van der Waals surface area contributed by atoms with Gasteiger partial charge in [-0.25, -0.2) is 9.07 Å². The van der Waals surface area contributed by atoms with E-state index in [4.69, 9.17) is 0 Å². The number of aromatic nitrogens is 5. The summed E-state index contributed by atoms with van der Waals surface area (Å²) in [6, 6.07) is 14.2. The van der Waals surface area contributed by atoms with Crippen LogP contribution in [0.2, 0.25) is 0 Å². The van der Waals surface area contributed by atoms with Gasteiger partial charge in [0.05, 0.1) is 5.54 Å². The fourth-order valence-corrected chi connectivity index (χ4v) is 4.87. The minimum Gasteiger partial charge on any atom is -0.369 e. The van der Waals surface area contributed by atoms with E-state index >= 15 is 0 Å². The predicted molar refractivity (Wildman–Crippen MR) is 139 cm³/mol. The largest absolute Gasteiger partial charge is 0.369 e. The number of rotatable bonds is 6. The highest BCUT2D eigenvalue weighted by Gasteiger charge is 2.35. The molecule has 1 atom stereocenters. The molecule has 188 valence electrons. The zero-order valence-corrected chi connectivity index (χ0v) is 21.2. The van der Waals surface area contributed by atoms with Gasteiger partial charge in [-0.05, 0) is 85.0 Å². The van der Waals surface area contributed by atoms with E-state index in [1.807, 2.05) is 48.0 Å². The number of nitrogens with zero attached hydrogens (tertiary/aromatic N) is 6. The number of nitrogens with one attached hydrogen (secondary N) is 1. The molecule has 0 amide bonds. The van der Waals surface area contributed by atoms with Gasteiger partial charge >= 0.3 is 0 Å². The van der Waals surface area contributed by atoms with E-state index in [0.717, 1.165) is 41.7 Å². The monoisotopic (exact) mass is 489 g/mol. The Morgan fingerprint density at radius 2 is 1.78 bits per heavy atom. The van der Waals surface area contributed by atoms with E-state index in [-0.39, 0.29) is 16.9 Å². The first-order valence-corrected chi connectivity index (χ1v) is 12.4. The van der Waals surface area contributed by atoms with Crippen molar-refractivity contribution in [1.82, 2.24) is 30.1 Å². The Balaban J connectivity index is 1.55. The molecule has 3 heterocycles. The van der Waals surface area contributed by atoms with Crippen LogP contribution < -0.4 is 10.5 Å².